The Morgan fingerprint density at radius 1 is 1.43 bits per heavy atom. The Morgan fingerprint density at radius 2 is 2.19 bits per heavy atom. The molecule has 5 nitrogen and oxygen atoms in total. The Kier molecular flexibility index (Phi) is 3.61. The zero-order valence-corrected chi connectivity index (χ0v) is 13.2. The van der Waals surface area contributed by atoms with Gasteiger partial charge in [0.1, 0.15) is 0 Å². The second-order valence-electron chi connectivity index (χ2n) is 5.77. The molecule has 2 unspecified atom stereocenters. The van der Waals surface area contributed by atoms with Crippen molar-refractivity contribution < 1.29 is 13.2 Å². The van der Waals surface area contributed by atoms with Crippen molar-refractivity contribution in [2.24, 2.45) is 5.92 Å². The largest absolute Gasteiger partial charge is 0.323 e. The first kappa shape index (κ1) is 14.7. The van der Waals surface area contributed by atoms with Gasteiger partial charge in [0.2, 0.25) is 0 Å². The molecule has 2 amide bonds. The molecule has 3 rings (SSSR count). The molecule has 114 valence electrons. The van der Waals surface area contributed by atoms with E-state index in [0.29, 0.717) is 13.0 Å². The molecule has 2 aliphatic rings. The normalized spacial score (nSPS) is 25.3. The van der Waals surface area contributed by atoms with Gasteiger partial charge in [0.05, 0.1) is 16.9 Å². The lowest BCUT2D eigenvalue weighted by atomic mass is 9.96. The van der Waals surface area contributed by atoms with E-state index < -0.39 is 9.84 Å². The topological polar surface area (TPSA) is 66.5 Å². The fourth-order valence-electron chi connectivity index (χ4n) is 2.90. The smallest absolute Gasteiger partial charge is 0.321 e. The van der Waals surface area contributed by atoms with Crippen molar-refractivity contribution in [3.05, 3.63) is 29.3 Å². The number of nitrogens with zero attached hydrogens (tertiary/aromatic N) is 1. The first-order valence-corrected chi connectivity index (χ1v) is 9.11. The number of carbonyl (C=O) groups is 1. The van der Waals surface area contributed by atoms with Crippen molar-refractivity contribution in [1.29, 1.82) is 0 Å². The standard InChI is InChI=1S/C14H17ClN2O3S/c1-17-7-11-6-9(2-3-12(11)16-14(17)18)13(15)10-4-5-21(19,20)8-10/h2-3,6,10,13H,4-5,7-8H2,1H3,(H,16,18). The van der Waals surface area contributed by atoms with Gasteiger partial charge in [-0.1, -0.05) is 12.1 Å². The van der Waals surface area contributed by atoms with E-state index in [-0.39, 0.29) is 28.8 Å². The molecule has 1 aromatic carbocycles. The molecule has 0 saturated carbocycles. The fourth-order valence-corrected chi connectivity index (χ4v) is 5.20. The predicted molar refractivity (Wildman–Crippen MR) is 82.3 cm³/mol. The Hall–Kier alpha value is -1.27. The highest BCUT2D eigenvalue weighted by Crippen LogP contribution is 2.38. The lowest BCUT2D eigenvalue weighted by Crippen LogP contribution is -2.35. The maximum Gasteiger partial charge on any atom is 0.321 e. The first-order valence-electron chi connectivity index (χ1n) is 6.85. The zero-order chi connectivity index (χ0) is 15.2. The highest BCUT2D eigenvalue weighted by molar-refractivity contribution is 7.91. The number of fused-ring (bicyclic) bond motifs is 1. The first-order chi connectivity index (χ1) is 9.85. The number of urea groups is 1. The molecule has 7 heteroatoms. The highest BCUT2D eigenvalue weighted by Gasteiger charge is 2.34. The van der Waals surface area contributed by atoms with Gasteiger partial charge in [0, 0.05) is 19.3 Å². The Labute approximate surface area is 129 Å². The minimum absolute atomic E-state index is 0.0365. The number of nitrogens with one attached hydrogen (secondary N) is 1. The van der Waals surface area contributed by atoms with Crippen molar-refractivity contribution in [1.82, 2.24) is 4.90 Å². The van der Waals surface area contributed by atoms with E-state index in [1.807, 2.05) is 18.2 Å². The Morgan fingerprint density at radius 3 is 2.86 bits per heavy atom. The lowest BCUT2D eigenvalue weighted by Gasteiger charge is -2.27. The fraction of sp³-hybridized carbons (Fsp3) is 0.500. The molecule has 1 saturated heterocycles. The number of amides is 2. The average molecular weight is 329 g/mol. The number of anilines is 1. The lowest BCUT2D eigenvalue weighted by molar-refractivity contribution is 0.218. The summed E-state index contributed by atoms with van der Waals surface area (Å²) < 4.78 is 23.2. The average Bonchev–Trinajstić information content (AvgIpc) is 2.79. The zero-order valence-electron chi connectivity index (χ0n) is 11.7. The number of halogens is 1. The van der Waals surface area contributed by atoms with Gasteiger partial charge in [0.15, 0.2) is 9.84 Å². The van der Waals surface area contributed by atoms with Crippen molar-refractivity contribution >= 4 is 33.2 Å². The minimum Gasteiger partial charge on any atom is -0.323 e. The summed E-state index contributed by atoms with van der Waals surface area (Å²) in [6, 6.07) is 5.55. The third-order valence-electron chi connectivity index (χ3n) is 4.13. The molecule has 0 spiro atoms. The van der Waals surface area contributed by atoms with E-state index in [4.69, 9.17) is 11.6 Å². The van der Waals surface area contributed by atoms with E-state index in [1.165, 1.54) is 0 Å². The van der Waals surface area contributed by atoms with E-state index in [9.17, 15) is 13.2 Å². The van der Waals surface area contributed by atoms with E-state index in [0.717, 1.165) is 16.8 Å². The van der Waals surface area contributed by atoms with E-state index in [1.54, 1.807) is 11.9 Å². The third-order valence-corrected chi connectivity index (χ3v) is 6.53. The summed E-state index contributed by atoms with van der Waals surface area (Å²) >= 11 is 6.48. The summed E-state index contributed by atoms with van der Waals surface area (Å²) in [5.41, 5.74) is 2.72. The predicted octanol–water partition coefficient (Wildman–Crippen LogP) is 2.38. The van der Waals surface area contributed by atoms with Crippen LogP contribution in [-0.4, -0.2) is 37.9 Å². The number of alkyl halides is 1. The SMILES string of the molecule is CN1Cc2cc(C(Cl)C3CCS(=O)(=O)C3)ccc2NC1=O. The van der Waals surface area contributed by atoms with Gasteiger partial charge in [0.25, 0.3) is 0 Å². The summed E-state index contributed by atoms with van der Waals surface area (Å²) in [6.07, 6.45) is 0.615. The number of rotatable bonds is 2. The summed E-state index contributed by atoms with van der Waals surface area (Å²) in [5.74, 6) is 0.352. The van der Waals surface area contributed by atoms with Crippen LogP contribution in [0.4, 0.5) is 10.5 Å². The molecule has 21 heavy (non-hydrogen) atoms. The number of benzene rings is 1. The monoisotopic (exact) mass is 328 g/mol. The molecule has 0 aliphatic carbocycles. The maximum atomic E-state index is 11.6. The van der Waals surface area contributed by atoms with Gasteiger partial charge in [-0.05, 0) is 29.5 Å². The number of hydrogen-bond acceptors (Lipinski definition) is 3. The molecule has 2 atom stereocenters. The van der Waals surface area contributed by atoms with Crippen LogP contribution in [0.1, 0.15) is 22.9 Å². The summed E-state index contributed by atoms with van der Waals surface area (Å²) in [4.78, 5) is 13.2. The maximum absolute atomic E-state index is 11.6. The van der Waals surface area contributed by atoms with Gasteiger partial charge in [-0.3, -0.25) is 0 Å². The molecule has 1 fully saturated rings. The van der Waals surface area contributed by atoms with Crippen LogP contribution >= 0.6 is 11.6 Å². The van der Waals surface area contributed by atoms with Crippen LogP contribution in [-0.2, 0) is 16.4 Å². The van der Waals surface area contributed by atoms with Crippen molar-refractivity contribution in [3.63, 3.8) is 0 Å². The van der Waals surface area contributed by atoms with Crippen LogP contribution in [0, 0.1) is 5.92 Å². The minimum atomic E-state index is -2.93. The molecule has 0 aromatic heterocycles. The van der Waals surface area contributed by atoms with Crippen LogP contribution in [0.25, 0.3) is 0 Å². The Balaban J connectivity index is 1.84. The van der Waals surface area contributed by atoms with Crippen LogP contribution < -0.4 is 5.32 Å². The second-order valence-corrected chi connectivity index (χ2v) is 8.47. The Bertz CT molecular complexity index is 689. The summed E-state index contributed by atoms with van der Waals surface area (Å²) in [6.45, 7) is 0.529. The van der Waals surface area contributed by atoms with Crippen molar-refractivity contribution in [2.75, 3.05) is 23.9 Å². The molecule has 0 radical (unpaired) electrons. The highest BCUT2D eigenvalue weighted by atomic mass is 35.5. The molecule has 1 aromatic rings. The summed E-state index contributed by atoms with van der Waals surface area (Å²) in [7, 11) is -1.20. The van der Waals surface area contributed by atoms with Crippen LogP contribution in [0.5, 0.6) is 0 Å². The van der Waals surface area contributed by atoms with Gasteiger partial charge >= 0.3 is 6.03 Å². The molecule has 2 heterocycles. The van der Waals surface area contributed by atoms with Gasteiger partial charge < -0.3 is 10.2 Å². The second kappa shape index (κ2) is 5.18. The van der Waals surface area contributed by atoms with Gasteiger partial charge in [-0.15, -0.1) is 11.6 Å². The number of sulfone groups is 1. The molecule has 0 bridgehead atoms. The van der Waals surface area contributed by atoms with Gasteiger partial charge in [-0.2, -0.15) is 0 Å². The molecule has 2 aliphatic heterocycles. The molecule has 1 N–H and O–H groups in total. The molecular formula is C14H17ClN2O3S. The number of carbonyl (C=O) groups excluding carboxylic acids is 1. The quantitative estimate of drug-likeness (QED) is 0.848. The van der Waals surface area contributed by atoms with Crippen LogP contribution in [0.2, 0.25) is 0 Å². The van der Waals surface area contributed by atoms with Crippen LogP contribution in [0.3, 0.4) is 0 Å². The van der Waals surface area contributed by atoms with Crippen molar-refractivity contribution in [2.45, 2.75) is 18.3 Å². The van der Waals surface area contributed by atoms with Crippen LogP contribution in [0.15, 0.2) is 18.2 Å². The van der Waals surface area contributed by atoms with E-state index in [2.05, 4.69) is 5.32 Å². The van der Waals surface area contributed by atoms with Gasteiger partial charge in [-0.25, -0.2) is 13.2 Å². The number of hydrogen-bond donors (Lipinski definition) is 1. The third kappa shape index (κ3) is 2.87. The van der Waals surface area contributed by atoms with E-state index >= 15 is 0 Å². The summed E-state index contributed by atoms with van der Waals surface area (Å²) in [5, 5.41) is 2.50. The molecular weight excluding hydrogens is 312 g/mol. The van der Waals surface area contributed by atoms with Crippen molar-refractivity contribution in [3.8, 4) is 0 Å².